The van der Waals surface area contributed by atoms with Crippen LogP contribution >= 0.6 is 12.2 Å². The molecule has 0 spiro atoms. The first kappa shape index (κ1) is 14.8. The van der Waals surface area contributed by atoms with Crippen LogP contribution in [0, 0.1) is 5.82 Å². The van der Waals surface area contributed by atoms with Gasteiger partial charge < -0.3 is 20.5 Å². The van der Waals surface area contributed by atoms with E-state index in [1.165, 1.54) is 6.07 Å². The van der Waals surface area contributed by atoms with Crippen molar-refractivity contribution in [1.82, 2.24) is 0 Å². The molecule has 0 saturated heterocycles. The van der Waals surface area contributed by atoms with E-state index in [0.717, 1.165) is 0 Å². The number of hydrogen-bond acceptors (Lipinski definition) is 4. The van der Waals surface area contributed by atoms with Crippen molar-refractivity contribution in [1.29, 1.82) is 0 Å². The molecule has 0 radical (unpaired) electrons. The average Bonchev–Trinajstić information content (AvgIpc) is 2.33. The quantitative estimate of drug-likeness (QED) is 0.555. The van der Waals surface area contributed by atoms with E-state index in [9.17, 15) is 4.39 Å². The lowest BCUT2D eigenvalue weighted by Gasteiger charge is -2.12. The third-order valence-corrected chi connectivity index (χ3v) is 2.46. The highest BCUT2D eigenvalue weighted by molar-refractivity contribution is 7.80. The minimum absolute atomic E-state index is 0.0379. The second kappa shape index (κ2) is 7.97. The van der Waals surface area contributed by atoms with Gasteiger partial charge in [0.05, 0.1) is 25.4 Å². The summed E-state index contributed by atoms with van der Waals surface area (Å²) >= 11 is 4.82. The van der Waals surface area contributed by atoms with E-state index in [1.54, 1.807) is 19.2 Å². The van der Waals surface area contributed by atoms with E-state index in [0.29, 0.717) is 32.1 Å². The summed E-state index contributed by atoms with van der Waals surface area (Å²) in [6, 6.07) is 4.66. The number of nitrogens with two attached hydrogens (primary N) is 1. The Balaban J connectivity index is 2.47. The van der Waals surface area contributed by atoms with Gasteiger partial charge in [-0.2, -0.15) is 0 Å². The molecule has 100 valence electrons. The number of thiocarbonyl (C=S) groups is 1. The van der Waals surface area contributed by atoms with E-state index in [-0.39, 0.29) is 10.6 Å². The Morgan fingerprint density at radius 1 is 1.39 bits per heavy atom. The lowest BCUT2D eigenvalue weighted by Crippen LogP contribution is -2.18. The number of anilines is 1. The Labute approximate surface area is 111 Å². The molecule has 1 rings (SSSR count). The number of benzene rings is 1. The highest BCUT2D eigenvalue weighted by Gasteiger charge is 2.10. The molecule has 0 unspecified atom stereocenters. The Hall–Kier alpha value is -1.24. The molecule has 1 aromatic rings. The molecule has 18 heavy (non-hydrogen) atoms. The zero-order valence-electron chi connectivity index (χ0n) is 10.2. The van der Waals surface area contributed by atoms with Crippen LogP contribution in [0.4, 0.5) is 10.1 Å². The van der Waals surface area contributed by atoms with Crippen LogP contribution in [0.1, 0.15) is 5.56 Å². The van der Waals surface area contributed by atoms with Crippen LogP contribution in [0.2, 0.25) is 0 Å². The van der Waals surface area contributed by atoms with Crippen LogP contribution in [0.3, 0.4) is 0 Å². The minimum atomic E-state index is -0.423. The average molecular weight is 272 g/mol. The molecule has 0 amide bonds. The SMILES string of the molecule is COCCOCCNc1cccc(F)c1C(N)=S. The molecule has 0 aliphatic heterocycles. The van der Waals surface area contributed by atoms with Gasteiger partial charge >= 0.3 is 0 Å². The normalized spacial score (nSPS) is 10.3. The largest absolute Gasteiger partial charge is 0.389 e. The van der Waals surface area contributed by atoms with Gasteiger partial charge in [-0.3, -0.25) is 0 Å². The Morgan fingerprint density at radius 2 is 2.17 bits per heavy atom. The van der Waals surface area contributed by atoms with Crippen molar-refractivity contribution in [2.24, 2.45) is 5.73 Å². The summed E-state index contributed by atoms with van der Waals surface area (Å²) in [7, 11) is 1.61. The van der Waals surface area contributed by atoms with Gasteiger partial charge in [-0.05, 0) is 12.1 Å². The van der Waals surface area contributed by atoms with E-state index >= 15 is 0 Å². The number of methoxy groups -OCH3 is 1. The number of nitrogens with one attached hydrogen (secondary N) is 1. The van der Waals surface area contributed by atoms with Crippen molar-refractivity contribution in [3.63, 3.8) is 0 Å². The standard InChI is InChI=1S/C12H17FN2O2S/c1-16-7-8-17-6-5-15-10-4-2-3-9(13)11(10)12(14)18/h2-4,15H,5-8H2,1H3,(H2,14,18). The van der Waals surface area contributed by atoms with E-state index in [4.69, 9.17) is 27.4 Å². The summed E-state index contributed by atoms with van der Waals surface area (Å²) < 4.78 is 23.6. The zero-order valence-corrected chi connectivity index (χ0v) is 11.1. The molecule has 6 heteroatoms. The van der Waals surface area contributed by atoms with Crippen LogP contribution in [-0.4, -0.2) is 38.5 Å². The van der Waals surface area contributed by atoms with E-state index < -0.39 is 5.82 Å². The van der Waals surface area contributed by atoms with Gasteiger partial charge in [0, 0.05) is 19.3 Å². The molecule has 0 aliphatic carbocycles. The first-order valence-electron chi connectivity index (χ1n) is 5.55. The highest BCUT2D eigenvalue weighted by Crippen LogP contribution is 2.18. The summed E-state index contributed by atoms with van der Waals surface area (Å²) in [5.41, 5.74) is 6.31. The predicted molar refractivity (Wildman–Crippen MR) is 73.5 cm³/mol. The monoisotopic (exact) mass is 272 g/mol. The molecular formula is C12H17FN2O2S. The molecule has 0 bridgehead atoms. The Kier molecular flexibility index (Phi) is 6.56. The molecule has 0 heterocycles. The third kappa shape index (κ3) is 4.56. The first-order valence-corrected chi connectivity index (χ1v) is 5.96. The smallest absolute Gasteiger partial charge is 0.135 e. The number of hydrogen-bond donors (Lipinski definition) is 2. The van der Waals surface area contributed by atoms with Gasteiger partial charge in [-0.1, -0.05) is 18.3 Å². The van der Waals surface area contributed by atoms with Crippen molar-refractivity contribution in [3.8, 4) is 0 Å². The number of rotatable bonds is 8. The summed E-state index contributed by atoms with van der Waals surface area (Å²) in [5, 5.41) is 3.04. The fourth-order valence-electron chi connectivity index (χ4n) is 1.42. The van der Waals surface area contributed by atoms with Gasteiger partial charge in [0.15, 0.2) is 0 Å². The summed E-state index contributed by atoms with van der Waals surface area (Å²) in [6.45, 7) is 2.13. The second-order valence-corrected chi connectivity index (χ2v) is 4.00. The van der Waals surface area contributed by atoms with E-state index in [1.807, 2.05) is 0 Å². The fourth-order valence-corrected chi connectivity index (χ4v) is 1.63. The van der Waals surface area contributed by atoms with Crippen LogP contribution in [0.25, 0.3) is 0 Å². The Morgan fingerprint density at radius 3 is 2.83 bits per heavy atom. The maximum atomic E-state index is 13.5. The first-order chi connectivity index (χ1) is 8.66. The fraction of sp³-hybridized carbons (Fsp3) is 0.417. The Bertz CT molecular complexity index is 402. The molecule has 4 nitrogen and oxygen atoms in total. The van der Waals surface area contributed by atoms with Gasteiger partial charge in [-0.25, -0.2) is 4.39 Å². The minimum Gasteiger partial charge on any atom is -0.389 e. The van der Waals surface area contributed by atoms with Gasteiger partial charge in [-0.15, -0.1) is 0 Å². The van der Waals surface area contributed by atoms with Crippen molar-refractivity contribution < 1.29 is 13.9 Å². The lowest BCUT2D eigenvalue weighted by molar-refractivity contribution is 0.0759. The van der Waals surface area contributed by atoms with Gasteiger partial charge in [0.25, 0.3) is 0 Å². The second-order valence-electron chi connectivity index (χ2n) is 3.56. The van der Waals surface area contributed by atoms with Crippen LogP contribution in [-0.2, 0) is 9.47 Å². The maximum Gasteiger partial charge on any atom is 0.135 e. The molecular weight excluding hydrogens is 255 g/mol. The molecule has 0 atom stereocenters. The topological polar surface area (TPSA) is 56.5 Å². The van der Waals surface area contributed by atoms with Gasteiger partial charge in [0.1, 0.15) is 10.8 Å². The molecule has 0 aliphatic rings. The maximum absolute atomic E-state index is 13.5. The summed E-state index contributed by atoms with van der Waals surface area (Å²) in [5.74, 6) is -0.423. The molecule has 0 aromatic heterocycles. The van der Waals surface area contributed by atoms with E-state index in [2.05, 4.69) is 5.32 Å². The lowest BCUT2D eigenvalue weighted by atomic mass is 10.1. The van der Waals surface area contributed by atoms with Crippen molar-refractivity contribution in [2.45, 2.75) is 0 Å². The number of ether oxygens (including phenoxy) is 2. The van der Waals surface area contributed by atoms with Crippen LogP contribution in [0.5, 0.6) is 0 Å². The predicted octanol–water partition coefficient (Wildman–Crippen LogP) is 1.53. The van der Waals surface area contributed by atoms with Gasteiger partial charge in [0.2, 0.25) is 0 Å². The van der Waals surface area contributed by atoms with Crippen molar-refractivity contribution >= 4 is 22.9 Å². The molecule has 1 aromatic carbocycles. The van der Waals surface area contributed by atoms with Crippen LogP contribution in [0.15, 0.2) is 18.2 Å². The van der Waals surface area contributed by atoms with Crippen molar-refractivity contribution in [2.75, 3.05) is 38.8 Å². The highest BCUT2D eigenvalue weighted by atomic mass is 32.1. The zero-order chi connectivity index (χ0) is 13.4. The van der Waals surface area contributed by atoms with Crippen LogP contribution < -0.4 is 11.1 Å². The molecule has 0 saturated carbocycles. The third-order valence-electron chi connectivity index (χ3n) is 2.25. The molecule has 3 N–H and O–H groups in total. The van der Waals surface area contributed by atoms with Crippen molar-refractivity contribution in [3.05, 3.63) is 29.6 Å². The molecule has 0 fully saturated rings. The summed E-state index contributed by atoms with van der Waals surface area (Å²) in [4.78, 5) is 0.0379. The number of halogens is 1. The summed E-state index contributed by atoms with van der Waals surface area (Å²) in [6.07, 6.45) is 0.